The number of nitrogens with zero attached hydrogens (tertiary/aromatic N) is 2. The third-order valence-electron chi connectivity index (χ3n) is 4.40. The fraction of sp³-hybridized carbons (Fsp3) is 0.250. The van der Waals surface area contributed by atoms with Crippen LogP contribution in [0.4, 0.5) is 10.8 Å². The van der Waals surface area contributed by atoms with Crippen molar-refractivity contribution in [2.45, 2.75) is 39.5 Å². The lowest BCUT2D eigenvalue weighted by Crippen LogP contribution is -2.26. The maximum Gasteiger partial charge on any atom is 0.311 e. The Hall–Kier alpha value is -3.23. The maximum absolute atomic E-state index is 13.6. The van der Waals surface area contributed by atoms with Gasteiger partial charge in [0.05, 0.1) is 5.69 Å². The largest absolute Gasteiger partial charge is 0.426 e. The van der Waals surface area contributed by atoms with Gasteiger partial charge in [-0.25, -0.2) is 4.98 Å². The molecule has 1 heterocycles. The van der Waals surface area contributed by atoms with Crippen LogP contribution in [0.15, 0.2) is 54.0 Å². The lowest BCUT2D eigenvalue weighted by atomic mass is 10.1. The lowest BCUT2D eigenvalue weighted by molar-refractivity contribution is -0.134. The topological polar surface area (TPSA) is 85.8 Å². The number of rotatable bonds is 9. The zero-order chi connectivity index (χ0) is 23.8. The van der Waals surface area contributed by atoms with E-state index in [2.05, 4.69) is 4.98 Å². The summed E-state index contributed by atoms with van der Waals surface area (Å²) in [5, 5.41) is 2.73. The fourth-order valence-electron chi connectivity index (χ4n) is 2.95. The number of benzene rings is 2. The van der Waals surface area contributed by atoms with Crippen LogP contribution in [0.5, 0.6) is 11.5 Å². The van der Waals surface area contributed by atoms with Crippen molar-refractivity contribution in [3.63, 3.8) is 0 Å². The quantitative estimate of drug-likeness (QED) is 0.265. The Morgan fingerprint density at radius 2 is 1.52 bits per heavy atom. The Labute approximate surface area is 200 Å². The molecule has 0 fully saturated rings. The van der Waals surface area contributed by atoms with Crippen molar-refractivity contribution < 1.29 is 23.9 Å². The number of carbonyl (C=O) groups excluding carboxylic acids is 3. The Morgan fingerprint density at radius 1 is 0.939 bits per heavy atom. The van der Waals surface area contributed by atoms with Crippen LogP contribution in [-0.2, 0) is 9.59 Å². The predicted octanol–water partition coefficient (Wildman–Crippen LogP) is 6.19. The summed E-state index contributed by atoms with van der Waals surface area (Å²) < 4.78 is 10.8. The van der Waals surface area contributed by atoms with Gasteiger partial charge >= 0.3 is 11.9 Å². The second-order valence-corrected chi connectivity index (χ2v) is 8.38. The molecule has 9 heteroatoms. The molecule has 0 saturated carbocycles. The molecule has 3 rings (SSSR count). The van der Waals surface area contributed by atoms with Gasteiger partial charge in [0.2, 0.25) is 0 Å². The molecule has 0 aliphatic carbocycles. The molecule has 0 aliphatic rings. The average molecular weight is 487 g/mol. The maximum atomic E-state index is 13.6. The van der Waals surface area contributed by atoms with Gasteiger partial charge in [-0.2, -0.15) is 0 Å². The van der Waals surface area contributed by atoms with E-state index in [1.54, 1.807) is 35.8 Å². The first-order chi connectivity index (χ1) is 15.9. The van der Waals surface area contributed by atoms with Crippen molar-refractivity contribution in [3.8, 4) is 11.5 Å². The molecular formula is C24H23ClN2O5S. The molecule has 2 aromatic carbocycles. The van der Waals surface area contributed by atoms with Gasteiger partial charge in [-0.05, 0) is 49.2 Å². The third-order valence-corrected chi connectivity index (χ3v) is 5.41. The summed E-state index contributed by atoms with van der Waals surface area (Å²) in [7, 11) is 0. The van der Waals surface area contributed by atoms with E-state index in [4.69, 9.17) is 21.1 Å². The minimum atomic E-state index is -0.442. The predicted molar refractivity (Wildman–Crippen MR) is 128 cm³/mol. The fourth-order valence-corrected chi connectivity index (χ4v) is 3.73. The molecule has 0 bridgehead atoms. The van der Waals surface area contributed by atoms with Crippen molar-refractivity contribution in [2.75, 3.05) is 4.90 Å². The van der Waals surface area contributed by atoms with Gasteiger partial charge in [0.1, 0.15) is 11.5 Å². The van der Waals surface area contributed by atoms with Crippen molar-refractivity contribution in [2.24, 2.45) is 0 Å². The first kappa shape index (κ1) is 24.4. The number of ether oxygens (including phenoxy) is 2. The van der Waals surface area contributed by atoms with Gasteiger partial charge in [0, 0.05) is 41.1 Å². The molecule has 1 aromatic heterocycles. The zero-order valence-electron chi connectivity index (χ0n) is 18.2. The highest BCUT2D eigenvalue weighted by Crippen LogP contribution is 2.32. The van der Waals surface area contributed by atoms with Crippen LogP contribution in [-0.4, -0.2) is 22.8 Å². The summed E-state index contributed by atoms with van der Waals surface area (Å²) >= 11 is 7.30. The molecule has 0 unspecified atom stereocenters. The molecule has 0 radical (unpaired) electrons. The summed E-state index contributed by atoms with van der Waals surface area (Å²) in [5.74, 6) is -1.08. The Balaban J connectivity index is 2.02. The van der Waals surface area contributed by atoms with E-state index >= 15 is 0 Å². The van der Waals surface area contributed by atoms with Gasteiger partial charge in [-0.1, -0.05) is 25.4 Å². The molecule has 0 atom stereocenters. The summed E-state index contributed by atoms with van der Waals surface area (Å²) in [6.45, 7) is 3.72. The summed E-state index contributed by atoms with van der Waals surface area (Å²) in [4.78, 5) is 43.4. The standard InChI is InChI=1S/C24H23ClN2O5S/c1-3-5-21(28)31-19-13-16(14-20(15-19)32-22(29)6-4-2)23(30)27(24-26-11-12-33-24)18-9-7-17(25)8-10-18/h7-15H,3-6H2,1-2H3. The van der Waals surface area contributed by atoms with E-state index in [1.807, 2.05) is 13.8 Å². The molecule has 172 valence electrons. The number of esters is 2. The van der Waals surface area contributed by atoms with Crippen molar-refractivity contribution in [3.05, 3.63) is 64.6 Å². The second-order valence-electron chi connectivity index (χ2n) is 7.07. The van der Waals surface area contributed by atoms with E-state index < -0.39 is 17.8 Å². The normalized spacial score (nSPS) is 10.5. The number of thiazole rings is 1. The van der Waals surface area contributed by atoms with Crippen LogP contribution in [0.2, 0.25) is 5.02 Å². The third kappa shape index (κ3) is 6.63. The number of anilines is 2. The van der Waals surface area contributed by atoms with Crippen LogP contribution >= 0.6 is 22.9 Å². The number of hydrogen-bond donors (Lipinski definition) is 0. The molecule has 0 spiro atoms. The number of amides is 1. The van der Waals surface area contributed by atoms with Crippen LogP contribution < -0.4 is 14.4 Å². The number of carbonyl (C=O) groups is 3. The second kappa shape index (κ2) is 11.6. The van der Waals surface area contributed by atoms with Gasteiger partial charge in [-0.15, -0.1) is 11.3 Å². The Kier molecular flexibility index (Phi) is 8.57. The first-order valence-corrected chi connectivity index (χ1v) is 11.7. The molecule has 0 aliphatic heterocycles. The van der Waals surface area contributed by atoms with E-state index in [-0.39, 0.29) is 29.9 Å². The van der Waals surface area contributed by atoms with Crippen molar-refractivity contribution in [1.82, 2.24) is 4.98 Å². The SMILES string of the molecule is CCCC(=O)Oc1cc(OC(=O)CCC)cc(C(=O)N(c2ccc(Cl)cc2)c2nccs2)c1. The van der Waals surface area contributed by atoms with Gasteiger partial charge in [0.15, 0.2) is 5.13 Å². The van der Waals surface area contributed by atoms with Gasteiger partial charge in [0.25, 0.3) is 5.91 Å². The number of halogens is 1. The lowest BCUT2D eigenvalue weighted by Gasteiger charge is -2.21. The molecule has 1 amide bonds. The zero-order valence-corrected chi connectivity index (χ0v) is 19.8. The number of aromatic nitrogens is 1. The Bertz CT molecular complexity index is 1080. The van der Waals surface area contributed by atoms with E-state index in [0.717, 1.165) is 0 Å². The summed E-state index contributed by atoms with van der Waals surface area (Å²) in [6, 6.07) is 11.1. The highest BCUT2D eigenvalue weighted by Gasteiger charge is 2.24. The molecule has 7 nitrogen and oxygen atoms in total. The van der Waals surface area contributed by atoms with Crippen LogP contribution in [0.25, 0.3) is 0 Å². The Morgan fingerprint density at radius 3 is 2.00 bits per heavy atom. The molecule has 0 N–H and O–H groups in total. The minimum absolute atomic E-state index is 0.119. The minimum Gasteiger partial charge on any atom is -0.426 e. The van der Waals surface area contributed by atoms with Crippen LogP contribution in [0.3, 0.4) is 0 Å². The molecule has 0 saturated heterocycles. The summed E-state index contributed by atoms with van der Waals surface area (Å²) in [6.07, 6.45) is 3.27. The first-order valence-electron chi connectivity index (χ1n) is 10.5. The summed E-state index contributed by atoms with van der Waals surface area (Å²) in [5.41, 5.74) is 0.721. The van der Waals surface area contributed by atoms with Crippen molar-refractivity contribution in [1.29, 1.82) is 0 Å². The van der Waals surface area contributed by atoms with Crippen LogP contribution in [0.1, 0.15) is 49.9 Å². The van der Waals surface area contributed by atoms with Crippen LogP contribution in [0, 0.1) is 0 Å². The number of hydrogen-bond acceptors (Lipinski definition) is 7. The highest BCUT2D eigenvalue weighted by molar-refractivity contribution is 7.13. The molecule has 33 heavy (non-hydrogen) atoms. The monoisotopic (exact) mass is 486 g/mol. The van der Waals surface area contributed by atoms with E-state index in [0.29, 0.717) is 28.7 Å². The molecule has 3 aromatic rings. The molecular weight excluding hydrogens is 464 g/mol. The van der Waals surface area contributed by atoms with Gasteiger partial charge < -0.3 is 9.47 Å². The van der Waals surface area contributed by atoms with Crippen molar-refractivity contribution >= 4 is 51.6 Å². The van der Waals surface area contributed by atoms with Gasteiger partial charge in [-0.3, -0.25) is 19.3 Å². The average Bonchev–Trinajstić information content (AvgIpc) is 3.29. The highest BCUT2D eigenvalue weighted by atomic mass is 35.5. The van der Waals surface area contributed by atoms with E-state index in [1.165, 1.54) is 34.4 Å². The van der Waals surface area contributed by atoms with E-state index in [9.17, 15) is 14.4 Å². The smallest absolute Gasteiger partial charge is 0.311 e.